The van der Waals surface area contributed by atoms with Crippen molar-refractivity contribution in [3.63, 3.8) is 0 Å². The Labute approximate surface area is 101 Å². The molecule has 1 N–H and O–H groups in total. The van der Waals surface area contributed by atoms with Crippen molar-refractivity contribution in [2.45, 2.75) is 19.3 Å². The molecule has 1 fully saturated rings. The van der Waals surface area contributed by atoms with Crippen molar-refractivity contribution < 1.29 is 9.53 Å². The van der Waals surface area contributed by atoms with Gasteiger partial charge < -0.3 is 10.1 Å². The van der Waals surface area contributed by atoms with Crippen LogP contribution in [-0.2, 0) is 0 Å². The molecular weight excluding hydrogens is 216 g/mol. The number of aromatic nitrogens is 1. The van der Waals surface area contributed by atoms with Crippen LogP contribution < -0.4 is 10.1 Å². The summed E-state index contributed by atoms with van der Waals surface area (Å²) >= 11 is 0. The lowest BCUT2D eigenvalue weighted by atomic mass is 9.93. The topological polar surface area (TPSA) is 51.2 Å². The van der Waals surface area contributed by atoms with Gasteiger partial charge in [0.15, 0.2) is 5.78 Å². The molecule has 1 saturated heterocycles. The van der Waals surface area contributed by atoms with E-state index in [9.17, 15) is 4.79 Å². The lowest BCUT2D eigenvalue weighted by Crippen LogP contribution is -2.31. The minimum atomic E-state index is 0.0798. The lowest BCUT2D eigenvalue weighted by Gasteiger charge is -2.21. The summed E-state index contributed by atoms with van der Waals surface area (Å²) in [4.78, 5) is 16.2. The van der Waals surface area contributed by atoms with Crippen LogP contribution in [0.1, 0.15) is 29.8 Å². The first-order chi connectivity index (χ1) is 8.31. The molecule has 2 heterocycles. The van der Waals surface area contributed by atoms with E-state index in [1.54, 1.807) is 25.4 Å². The second-order valence-corrected chi connectivity index (χ2v) is 4.39. The quantitative estimate of drug-likeness (QED) is 0.805. The van der Waals surface area contributed by atoms with Gasteiger partial charge in [-0.05, 0) is 44.0 Å². The van der Waals surface area contributed by atoms with E-state index in [0.29, 0.717) is 23.8 Å². The molecule has 1 aliphatic rings. The Morgan fingerprint density at radius 1 is 1.65 bits per heavy atom. The maximum Gasteiger partial charge on any atom is 0.185 e. The molecule has 1 aliphatic heterocycles. The molecule has 1 aromatic rings. The minimum absolute atomic E-state index is 0.0798. The van der Waals surface area contributed by atoms with E-state index in [0.717, 1.165) is 25.9 Å². The van der Waals surface area contributed by atoms with E-state index in [1.165, 1.54) is 0 Å². The summed E-state index contributed by atoms with van der Waals surface area (Å²) in [6.45, 7) is 2.00. The van der Waals surface area contributed by atoms with Crippen molar-refractivity contribution in [2.75, 3.05) is 20.2 Å². The zero-order valence-electron chi connectivity index (χ0n) is 10.1. The minimum Gasteiger partial charge on any atom is -0.494 e. The first-order valence-corrected chi connectivity index (χ1v) is 6.04. The van der Waals surface area contributed by atoms with Gasteiger partial charge in [0.25, 0.3) is 0 Å². The highest BCUT2D eigenvalue weighted by atomic mass is 16.5. The molecule has 0 saturated carbocycles. The number of Topliss-reactive ketones (excluding diaryl/α,β-unsaturated/α-hetero) is 1. The molecule has 1 unspecified atom stereocenters. The molecule has 0 bridgehead atoms. The maximum atomic E-state index is 12.1. The SMILES string of the molecule is COc1cccnc1C(=O)CC1CCCNC1. The second-order valence-electron chi connectivity index (χ2n) is 4.39. The third-order valence-electron chi connectivity index (χ3n) is 3.13. The number of pyridine rings is 1. The zero-order chi connectivity index (χ0) is 12.1. The van der Waals surface area contributed by atoms with E-state index >= 15 is 0 Å². The van der Waals surface area contributed by atoms with Crippen LogP contribution in [0.4, 0.5) is 0 Å². The van der Waals surface area contributed by atoms with Gasteiger partial charge in [-0.1, -0.05) is 0 Å². The van der Waals surface area contributed by atoms with Gasteiger partial charge in [-0.25, -0.2) is 4.98 Å². The van der Waals surface area contributed by atoms with Gasteiger partial charge >= 0.3 is 0 Å². The van der Waals surface area contributed by atoms with Gasteiger partial charge in [0.05, 0.1) is 7.11 Å². The average Bonchev–Trinajstić information content (AvgIpc) is 2.40. The number of carbonyl (C=O) groups excluding carboxylic acids is 1. The smallest absolute Gasteiger partial charge is 0.185 e. The fourth-order valence-electron chi connectivity index (χ4n) is 2.22. The van der Waals surface area contributed by atoms with Crippen molar-refractivity contribution in [2.24, 2.45) is 5.92 Å². The van der Waals surface area contributed by atoms with Crippen LogP contribution in [-0.4, -0.2) is 31.0 Å². The first-order valence-electron chi connectivity index (χ1n) is 6.04. The Morgan fingerprint density at radius 3 is 3.24 bits per heavy atom. The molecular formula is C13H18N2O2. The number of nitrogens with zero attached hydrogens (tertiary/aromatic N) is 1. The number of nitrogens with one attached hydrogen (secondary N) is 1. The fourth-order valence-corrected chi connectivity index (χ4v) is 2.22. The van der Waals surface area contributed by atoms with Crippen molar-refractivity contribution in [3.05, 3.63) is 24.0 Å². The number of hydrogen-bond acceptors (Lipinski definition) is 4. The van der Waals surface area contributed by atoms with Gasteiger partial charge in [0.2, 0.25) is 0 Å². The second kappa shape index (κ2) is 5.77. The van der Waals surface area contributed by atoms with Gasteiger partial charge in [-0.15, -0.1) is 0 Å². The Morgan fingerprint density at radius 2 is 2.53 bits per heavy atom. The van der Waals surface area contributed by atoms with Gasteiger partial charge in [0, 0.05) is 12.6 Å². The van der Waals surface area contributed by atoms with Crippen molar-refractivity contribution >= 4 is 5.78 Å². The number of ketones is 1. The van der Waals surface area contributed by atoms with Crippen LogP contribution >= 0.6 is 0 Å². The number of piperidine rings is 1. The number of methoxy groups -OCH3 is 1. The summed E-state index contributed by atoms with van der Waals surface area (Å²) in [5.74, 6) is 1.08. The highest BCUT2D eigenvalue weighted by Gasteiger charge is 2.20. The van der Waals surface area contributed by atoms with Gasteiger partial charge in [-0.2, -0.15) is 0 Å². The van der Waals surface area contributed by atoms with Crippen LogP contribution in [0.25, 0.3) is 0 Å². The molecule has 1 atom stereocenters. The highest BCUT2D eigenvalue weighted by molar-refractivity contribution is 5.96. The summed E-state index contributed by atoms with van der Waals surface area (Å²) in [5, 5.41) is 3.32. The Kier molecular flexibility index (Phi) is 4.09. The van der Waals surface area contributed by atoms with Crippen molar-refractivity contribution in [3.8, 4) is 5.75 Å². The van der Waals surface area contributed by atoms with Gasteiger partial charge in [0.1, 0.15) is 11.4 Å². The fraction of sp³-hybridized carbons (Fsp3) is 0.538. The van der Waals surface area contributed by atoms with Crippen LogP contribution in [0.5, 0.6) is 5.75 Å². The normalized spacial score (nSPS) is 19.9. The number of carbonyl (C=O) groups is 1. The molecule has 0 radical (unpaired) electrons. The third-order valence-corrected chi connectivity index (χ3v) is 3.13. The third kappa shape index (κ3) is 3.03. The van der Waals surface area contributed by atoms with Crippen LogP contribution in [0.3, 0.4) is 0 Å². The summed E-state index contributed by atoms with van der Waals surface area (Å²) in [6, 6.07) is 3.55. The summed E-state index contributed by atoms with van der Waals surface area (Å²) in [6.07, 6.45) is 4.46. The molecule has 0 aromatic carbocycles. The molecule has 0 spiro atoms. The summed E-state index contributed by atoms with van der Waals surface area (Å²) < 4.78 is 5.16. The van der Waals surface area contributed by atoms with Gasteiger partial charge in [-0.3, -0.25) is 4.79 Å². The number of hydrogen-bond donors (Lipinski definition) is 1. The van der Waals surface area contributed by atoms with Crippen LogP contribution in [0.2, 0.25) is 0 Å². The van der Waals surface area contributed by atoms with Crippen LogP contribution in [0, 0.1) is 5.92 Å². The average molecular weight is 234 g/mol. The monoisotopic (exact) mass is 234 g/mol. The Balaban J connectivity index is 2.03. The molecule has 0 aliphatic carbocycles. The van der Waals surface area contributed by atoms with E-state index in [2.05, 4.69) is 10.3 Å². The number of rotatable bonds is 4. The molecule has 17 heavy (non-hydrogen) atoms. The molecule has 4 nitrogen and oxygen atoms in total. The Hall–Kier alpha value is -1.42. The lowest BCUT2D eigenvalue weighted by molar-refractivity contribution is 0.0945. The molecule has 92 valence electrons. The summed E-state index contributed by atoms with van der Waals surface area (Å²) in [7, 11) is 1.57. The maximum absolute atomic E-state index is 12.1. The van der Waals surface area contributed by atoms with E-state index in [4.69, 9.17) is 4.74 Å². The van der Waals surface area contributed by atoms with E-state index < -0.39 is 0 Å². The zero-order valence-corrected chi connectivity index (χ0v) is 10.1. The van der Waals surface area contributed by atoms with E-state index in [1.807, 2.05) is 0 Å². The molecule has 4 heteroatoms. The largest absolute Gasteiger partial charge is 0.494 e. The molecule has 1 aromatic heterocycles. The number of ether oxygens (including phenoxy) is 1. The highest BCUT2D eigenvalue weighted by Crippen LogP contribution is 2.21. The predicted octanol–water partition coefficient (Wildman–Crippen LogP) is 1.66. The summed E-state index contributed by atoms with van der Waals surface area (Å²) in [5.41, 5.74) is 0.459. The Bertz CT molecular complexity index is 387. The molecule has 0 amide bonds. The van der Waals surface area contributed by atoms with E-state index in [-0.39, 0.29) is 5.78 Å². The standard InChI is InChI=1S/C13H18N2O2/c1-17-12-5-3-7-15-13(12)11(16)8-10-4-2-6-14-9-10/h3,5,7,10,14H,2,4,6,8-9H2,1H3. The first kappa shape index (κ1) is 12.0. The van der Waals surface area contributed by atoms with Crippen molar-refractivity contribution in [1.29, 1.82) is 0 Å². The van der Waals surface area contributed by atoms with Crippen LogP contribution in [0.15, 0.2) is 18.3 Å². The predicted molar refractivity (Wildman–Crippen MR) is 65.3 cm³/mol. The van der Waals surface area contributed by atoms with Crippen molar-refractivity contribution in [1.82, 2.24) is 10.3 Å². The molecule has 2 rings (SSSR count).